The Labute approximate surface area is 774 Å². The van der Waals surface area contributed by atoms with E-state index in [1.54, 1.807) is 24.8 Å². The standard InChI is InChI=1S/2C44H56O4.2C5H5N.2C4H7.2Ag.2W/c2*1-41(2,3)33-17-25-13-27-19-34(42(4,5)6)21-29(38(27)46)15-31-23-36(44(10,11)12)24-32(40(31)48)16-30-22-35(43(7,8)9)20-28(39(30)47)14-26(18-33)37(25)45;2*1-2-4-6-5-3-1;2*1-3-4-2;;;;/h2*17-24,45-48H,13-16H2,1-12H3;2*1-5H;2*3-4H2,1H3;;;;/q;;;;2*-1;2*+1;;. The van der Waals surface area contributed by atoms with Crippen LogP contribution < -0.4 is 0 Å². The zero-order valence-corrected chi connectivity index (χ0v) is 85.2. The summed E-state index contributed by atoms with van der Waals surface area (Å²) < 4.78 is 6.20. The fourth-order valence-corrected chi connectivity index (χ4v) is 15.6. The molecule has 0 saturated heterocycles. The van der Waals surface area contributed by atoms with E-state index in [1.807, 2.05) is 36.4 Å². The molecule has 120 heavy (non-hydrogen) atoms. The van der Waals surface area contributed by atoms with Gasteiger partial charge in [-0.3, -0.25) is 9.97 Å². The van der Waals surface area contributed by atoms with Crippen LogP contribution in [-0.4, -0.2) is 59.6 Å². The van der Waals surface area contributed by atoms with E-state index < -0.39 is 0 Å². The zero-order valence-electron chi connectivity index (χ0n) is 76.4. The van der Waals surface area contributed by atoms with Crippen LogP contribution in [0.4, 0.5) is 0 Å². The third-order valence-electron chi connectivity index (χ3n) is 22.0. The molecule has 10 nitrogen and oxygen atoms in total. The summed E-state index contributed by atoms with van der Waals surface area (Å²) in [5.74, 6) is 1.53. The van der Waals surface area contributed by atoms with Crippen LogP contribution in [0.3, 0.4) is 0 Å². The van der Waals surface area contributed by atoms with Gasteiger partial charge in [-0.05, 0) is 201 Å². The number of unbranched alkanes of at least 4 members (excludes halogenated alkanes) is 2. The Morgan fingerprint density at radius 1 is 0.225 bits per heavy atom. The SMILES string of the molecule is CC(C)(C)c1cc2c(O)c(c1)Cc1cc(C(C)(C)C)cc(c1O)Cc1cc(C(C)(C)C)cc(c1O)Cc1cc(C(C)(C)C)cc(c1O)C2.CC(C)(C)c1cc2c(O)c(c1)Cc1cc(C(C)(C)C)cc(c1O)Cc1cc(C(C)(C)C)cc(c1O)Cc1cc(C(C)(C)C)cc(c1O)C2.CCC[C-]=[W].CCC[C-]=[W].[Ag+].[Ag+].c1ccncc1.c1ccncc1. The normalized spacial score (nSPS) is 12.8. The molecule has 0 saturated carbocycles. The molecule has 16 bridgehead atoms. The molecule has 2 aliphatic carbocycles. The van der Waals surface area contributed by atoms with Crippen molar-refractivity contribution in [3.05, 3.63) is 292 Å². The van der Waals surface area contributed by atoms with E-state index >= 15 is 0 Å². The molecule has 0 spiro atoms. The molecule has 0 fully saturated rings. The Morgan fingerprint density at radius 3 is 0.383 bits per heavy atom. The van der Waals surface area contributed by atoms with Crippen LogP contribution in [0, 0.1) is 0 Å². The first kappa shape index (κ1) is 104. The first-order valence-electron chi connectivity index (χ1n) is 41.9. The predicted octanol–water partition coefficient (Wildman–Crippen LogP) is 24.9. The Hall–Kier alpha value is -6.94. The number of hydrogen-bond acceptors (Lipinski definition) is 10. The summed E-state index contributed by atoms with van der Waals surface area (Å²) in [6.45, 7) is 56.2. The minimum atomic E-state index is -0.190. The Kier molecular flexibility index (Phi) is 37.2. The smallest absolute Gasteiger partial charge is 0.265 e. The second kappa shape index (κ2) is 43.1. The predicted molar refractivity (Wildman–Crippen MR) is 485 cm³/mol. The molecule has 652 valence electrons. The van der Waals surface area contributed by atoms with Gasteiger partial charge in [-0.1, -0.05) is 275 Å². The number of aromatic nitrogens is 2. The maximum Gasteiger partial charge on any atom is 1.00 e. The fourth-order valence-electron chi connectivity index (χ4n) is 14.2. The minimum absolute atomic E-state index is 0. The molecular weight excluding hydrogens is 2010 g/mol. The van der Waals surface area contributed by atoms with Crippen molar-refractivity contribution in [1.82, 2.24) is 9.97 Å². The number of phenolic OH excluding ortho intramolecular Hbond substituents is 8. The molecular formula is C106H136Ag2N2O8W2. The summed E-state index contributed by atoms with van der Waals surface area (Å²) in [7, 11) is 0. The Bertz CT molecular complexity index is 4000. The van der Waals surface area contributed by atoms with Crippen molar-refractivity contribution < 1.29 is 124 Å². The van der Waals surface area contributed by atoms with E-state index in [1.165, 1.54) is 64.4 Å². The van der Waals surface area contributed by atoms with E-state index in [-0.39, 0.29) is 134 Å². The molecule has 0 unspecified atom stereocenters. The number of nitrogens with zero attached hydrogens (tertiary/aromatic N) is 2. The zero-order chi connectivity index (χ0) is 88.2. The molecule has 12 rings (SSSR count). The topological polar surface area (TPSA) is 188 Å². The summed E-state index contributed by atoms with van der Waals surface area (Å²) in [6, 6.07) is 44.4. The van der Waals surface area contributed by atoms with Gasteiger partial charge in [0.15, 0.2) is 0 Å². The number of rotatable bonds is 4. The van der Waals surface area contributed by atoms with E-state index in [4.69, 9.17) is 0 Å². The molecule has 2 aromatic heterocycles. The first-order chi connectivity index (χ1) is 54.7. The van der Waals surface area contributed by atoms with Gasteiger partial charge in [0.25, 0.3) is 0 Å². The number of aromatic hydroxyl groups is 8. The Balaban J connectivity index is 0.000000335. The number of phenols is 8. The van der Waals surface area contributed by atoms with Crippen LogP contribution in [0.15, 0.2) is 158 Å². The van der Waals surface area contributed by atoms with Crippen LogP contribution >= 0.6 is 0 Å². The molecule has 8 N–H and O–H groups in total. The molecule has 2 heterocycles. The van der Waals surface area contributed by atoms with E-state index in [0.717, 1.165) is 134 Å². The summed E-state index contributed by atoms with van der Waals surface area (Å²) in [6.07, 6.45) is 14.6. The Morgan fingerprint density at radius 2 is 0.333 bits per heavy atom. The first-order valence-corrected chi connectivity index (χ1v) is 44.8. The summed E-state index contributed by atoms with van der Waals surface area (Å²) >= 11 is 2.95. The number of pyridine rings is 2. The van der Waals surface area contributed by atoms with Crippen LogP contribution in [0.5, 0.6) is 46.0 Å². The van der Waals surface area contributed by atoms with Crippen molar-refractivity contribution in [2.75, 3.05) is 0 Å². The molecule has 0 atom stereocenters. The van der Waals surface area contributed by atoms with Crippen molar-refractivity contribution in [3.8, 4) is 46.0 Å². The minimum Gasteiger partial charge on any atom is -0.265 e. The van der Waals surface area contributed by atoms with E-state index in [2.05, 4.69) is 296 Å². The summed E-state index contributed by atoms with van der Waals surface area (Å²) in [5.41, 5.74) is 19.0. The quantitative estimate of drug-likeness (QED) is 0.0622. The van der Waals surface area contributed by atoms with Gasteiger partial charge >= 0.3 is 132 Å². The summed E-state index contributed by atoms with van der Waals surface area (Å²) in [5, 5.41) is 95.2. The second-order valence-corrected chi connectivity index (χ2v) is 42.5. The number of fused-ring (bicyclic) bond motifs is 16. The molecule has 0 amide bonds. The maximum atomic E-state index is 11.9. The monoisotopic (exact) mass is 2150 g/mol. The largest absolute Gasteiger partial charge is 1.00 e. The molecule has 0 radical (unpaired) electrons. The third kappa shape index (κ3) is 28.6. The van der Waals surface area contributed by atoms with Gasteiger partial charge in [0.2, 0.25) is 0 Å². The van der Waals surface area contributed by atoms with Crippen molar-refractivity contribution in [2.24, 2.45) is 0 Å². The average Bonchev–Trinajstić information content (AvgIpc) is 0.767. The molecule has 2 aliphatic rings. The van der Waals surface area contributed by atoms with E-state index in [0.29, 0.717) is 51.4 Å². The molecule has 8 aromatic carbocycles. The van der Waals surface area contributed by atoms with Crippen molar-refractivity contribution in [1.29, 1.82) is 0 Å². The second-order valence-electron chi connectivity index (χ2n) is 40.4. The van der Waals surface area contributed by atoms with Gasteiger partial charge in [0.05, 0.1) is 0 Å². The van der Waals surface area contributed by atoms with Crippen LogP contribution in [0.2, 0.25) is 0 Å². The van der Waals surface area contributed by atoms with E-state index in [9.17, 15) is 40.9 Å². The van der Waals surface area contributed by atoms with Crippen molar-refractivity contribution in [3.63, 3.8) is 0 Å². The van der Waals surface area contributed by atoms with Gasteiger partial charge in [-0.15, -0.1) is 0 Å². The van der Waals surface area contributed by atoms with Crippen LogP contribution in [-0.2, 0) is 178 Å². The van der Waals surface area contributed by atoms with Crippen LogP contribution in [0.1, 0.15) is 339 Å². The van der Waals surface area contributed by atoms with Gasteiger partial charge in [0, 0.05) is 76.2 Å². The summed E-state index contributed by atoms with van der Waals surface area (Å²) in [4.78, 5) is 7.57. The maximum absolute atomic E-state index is 11.9. The number of benzene rings is 8. The number of hydrogen-bond donors (Lipinski definition) is 8. The van der Waals surface area contributed by atoms with Gasteiger partial charge < -0.3 is 40.9 Å². The average molecular weight is 2150 g/mol. The van der Waals surface area contributed by atoms with Crippen molar-refractivity contribution >= 4 is 8.80 Å². The molecule has 14 heteroatoms. The fraction of sp³-hybridized carbons (Fsp3) is 0.434. The molecule has 0 aliphatic heterocycles. The van der Waals surface area contributed by atoms with Gasteiger partial charge in [-0.25, -0.2) is 0 Å². The van der Waals surface area contributed by atoms with Crippen molar-refractivity contribution in [2.45, 2.75) is 300 Å². The molecule has 10 aromatic rings. The van der Waals surface area contributed by atoms with Gasteiger partial charge in [-0.2, -0.15) is 0 Å². The third-order valence-corrected chi connectivity index (χ3v) is 23.4. The van der Waals surface area contributed by atoms with Gasteiger partial charge in [0.1, 0.15) is 46.0 Å². The van der Waals surface area contributed by atoms with Crippen LogP contribution in [0.25, 0.3) is 0 Å².